The Labute approximate surface area is 150 Å². The van der Waals surface area contributed by atoms with E-state index >= 15 is 0 Å². The van der Waals surface area contributed by atoms with Crippen molar-refractivity contribution >= 4 is 6.09 Å². The van der Waals surface area contributed by atoms with Gasteiger partial charge in [0.25, 0.3) is 0 Å². The fourth-order valence-electron chi connectivity index (χ4n) is 2.70. The van der Waals surface area contributed by atoms with Crippen LogP contribution in [0.2, 0.25) is 0 Å². The van der Waals surface area contributed by atoms with E-state index in [0.29, 0.717) is 5.92 Å². The number of rotatable bonds is 9. The van der Waals surface area contributed by atoms with Gasteiger partial charge in [0.2, 0.25) is 0 Å². The summed E-state index contributed by atoms with van der Waals surface area (Å²) in [4.78, 5) is 19.7. The fraction of sp³-hybridized carbons (Fsp3) is 0.500. The van der Waals surface area contributed by atoms with Crippen molar-refractivity contribution in [2.45, 2.75) is 59.1 Å². The molecule has 1 heterocycles. The number of benzene rings is 1. The molecule has 2 aromatic rings. The van der Waals surface area contributed by atoms with E-state index < -0.39 is 6.09 Å². The van der Waals surface area contributed by atoms with Crippen molar-refractivity contribution in [3.63, 3.8) is 0 Å². The number of aromatic amines is 1. The lowest BCUT2D eigenvalue weighted by Gasteiger charge is -2.18. The Morgan fingerprint density at radius 3 is 2.68 bits per heavy atom. The highest BCUT2D eigenvalue weighted by atomic mass is 16.5. The van der Waals surface area contributed by atoms with Crippen molar-refractivity contribution in [3.05, 3.63) is 53.6 Å². The van der Waals surface area contributed by atoms with Crippen LogP contribution in [0.5, 0.6) is 0 Å². The van der Waals surface area contributed by atoms with Crippen LogP contribution in [0.25, 0.3) is 0 Å². The molecule has 0 saturated carbocycles. The molecule has 0 aliphatic heterocycles. The molecule has 2 rings (SSSR count). The second-order valence-corrected chi connectivity index (χ2v) is 6.63. The van der Waals surface area contributed by atoms with Crippen LogP contribution in [0.4, 0.5) is 4.79 Å². The maximum absolute atomic E-state index is 12.2. The van der Waals surface area contributed by atoms with Crippen LogP contribution in [0, 0.1) is 12.8 Å². The number of H-pyrrole nitrogens is 1. The van der Waals surface area contributed by atoms with Crippen molar-refractivity contribution in [2.75, 3.05) is 0 Å². The molecule has 1 amide bonds. The minimum Gasteiger partial charge on any atom is -0.445 e. The zero-order chi connectivity index (χ0) is 18.1. The first-order valence-electron chi connectivity index (χ1n) is 9.07. The number of ether oxygens (including phenoxy) is 1. The second-order valence-electron chi connectivity index (χ2n) is 6.63. The normalized spacial score (nSPS) is 13.2. The molecule has 2 N–H and O–H groups in total. The maximum atomic E-state index is 12.2. The quantitative estimate of drug-likeness (QED) is 0.680. The lowest BCUT2D eigenvalue weighted by atomic mass is 9.98. The molecule has 0 spiro atoms. The van der Waals surface area contributed by atoms with Crippen molar-refractivity contribution < 1.29 is 9.53 Å². The summed E-state index contributed by atoms with van der Waals surface area (Å²) in [5.41, 5.74) is 1.90. The van der Waals surface area contributed by atoms with Gasteiger partial charge in [0.15, 0.2) is 0 Å². The zero-order valence-electron chi connectivity index (χ0n) is 15.4. The van der Waals surface area contributed by atoms with Crippen LogP contribution in [0.3, 0.4) is 0 Å². The maximum Gasteiger partial charge on any atom is 0.408 e. The predicted octanol–water partition coefficient (Wildman–Crippen LogP) is 4.90. The summed E-state index contributed by atoms with van der Waals surface area (Å²) >= 11 is 0. The van der Waals surface area contributed by atoms with E-state index in [1.54, 1.807) is 6.20 Å². The molecule has 136 valence electrons. The van der Waals surface area contributed by atoms with E-state index in [0.717, 1.165) is 36.3 Å². The standard InChI is InChI=1S/C20H29N3O2/c1-4-15(2)9-8-12-18(19-13-21-16(3)22-19)23-20(24)25-14-17-10-6-5-7-11-17/h5-7,10-11,13,15,18H,4,8-9,12,14H2,1-3H3,(H,21,22)(H,23,24). The third-order valence-corrected chi connectivity index (χ3v) is 4.49. The van der Waals surface area contributed by atoms with Gasteiger partial charge >= 0.3 is 6.09 Å². The van der Waals surface area contributed by atoms with Gasteiger partial charge in [-0.3, -0.25) is 0 Å². The SMILES string of the molecule is CCC(C)CCCC(NC(=O)OCc1ccccc1)c1cnc(C)[nH]1. The highest BCUT2D eigenvalue weighted by molar-refractivity contribution is 5.67. The average molecular weight is 343 g/mol. The Hall–Kier alpha value is -2.30. The lowest BCUT2D eigenvalue weighted by molar-refractivity contribution is 0.134. The monoisotopic (exact) mass is 343 g/mol. The van der Waals surface area contributed by atoms with Crippen LogP contribution < -0.4 is 5.32 Å². The Morgan fingerprint density at radius 1 is 1.28 bits per heavy atom. The highest BCUT2D eigenvalue weighted by Crippen LogP contribution is 2.21. The van der Waals surface area contributed by atoms with E-state index in [2.05, 4.69) is 29.1 Å². The van der Waals surface area contributed by atoms with Gasteiger partial charge in [-0.2, -0.15) is 0 Å². The molecule has 0 bridgehead atoms. The summed E-state index contributed by atoms with van der Waals surface area (Å²) in [6, 6.07) is 9.58. The minimum atomic E-state index is -0.398. The number of carbonyl (C=O) groups excluding carboxylic acids is 1. The number of alkyl carbamates (subject to hydrolysis) is 1. The summed E-state index contributed by atoms with van der Waals surface area (Å²) < 4.78 is 5.35. The molecule has 1 aromatic heterocycles. The van der Waals surface area contributed by atoms with Gasteiger partial charge in [0.05, 0.1) is 17.9 Å². The van der Waals surface area contributed by atoms with E-state index in [-0.39, 0.29) is 12.6 Å². The highest BCUT2D eigenvalue weighted by Gasteiger charge is 2.17. The van der Waals surface area contributed by atoms with Crippen molar-refractivity contribution in [1.82, 2.24) is 15.3 Å². The Balaban J connectivity index is 1.89. The van der Waals surface area contributed by atoms with Gasteiger partial charge in [0, 0.05) is 0 Å². The smallest absolute Gasteiger partial charge is 0.408 e. The third-order valence-electron chi connectivity index (χ3n) is 4.49. The molecule has 2 unspecified atom stereocenters. The van der Waals surface area contributed by atoms with Crippen molar-refractivity contribution in [1.29, 1.82) is 0 Å². The number of hydrogen-bond acceptors (Lipinski definition) is 3. The van der Waals surface area contributed by atoms with Crippen LogP contribution in [0.15, 0.2) is 36.5 Å². The number of carbonyl (C=O) groups is 1. The molecule has 5 nitrogen and oxygen atoms in total. The first kappa shape index (κ1) is 19.0. The summed E-state index contributed by atoms with van der Waals surface area (Å²) in [6.07, 6.45) is 5.65. The van der Waals surface area contributed by atoms with E-state index in [1.165, 1.54) is 6.42 Å². The molecular formula is C20H29N3O2. The fourth-order valence-corrected chi connectivity index (χ4v) is 2.70. The van der Waals surface area contributed by atoms with Gasteiger partial charge in [-0.05, 0) is 24.8 Å². The molecule has 2 atom stereocenters. The van der Waals surface area contributed by atoms with E-state index in [1.807, 2.05) is 37.3 Å². The summed E-state index contributed by atoms with van der Waals surface area (Å²) in [7, 11) is 0. The molecule has 5 heteroatoms. The van der Waals surface area contributed by atoms with Gasteiger partial charge < -0.3 is 15.0 Å². The van der Waals surface area contributed by atoms with Crippen LogP contribution in [-0.2, 0) is 11.3 Å². The molecule has 0 radical (unpaired) electrons. The number of nitrogens with one attached hydrogen (secondary N) is 2. The molecule has 0 saturated heterocycles. The van der Waals surface area contributed by atoms with Gasteiger partial charge in [-0.15, -0.1) is 0 Å². The number of hydrogen-bond donors (Lipinski definition) is 2. The Bertz CT molecular complexity index is 639. The Morgan fingerprint density at radius 2 is 2.04 bits per heavy atom. The Kier molecular flexibility index (Phi) is 7.51. The van der Waals surface area contributed by atoms with Crippen molar-refractivity contribution in [2.24, 2.45) is 5.92 Å². The van der Waals surface area contributed by atoms with Crippen LogP contribution >= 0.6 is 0 Å². The lowest BCUT2D eigenvalue weighted by Crippen LogP contribution is -2.29. The van der Waals surface area contributed by atoms with Crippen LogP contribution in [-0.4, -0.2) is 16.1 Å². The number of imidazole rings is 1. The van der Waals surface area contributed by atoms with Crippen LogP contribution in [0.1, 0.15) is 62.7 Å². The number of amides is 1. The minimum absolute atomic E-state index is 0.103. The number of aryl methyl sites for hydroxylation is 1. The third kappa shape index (κ3) is 6.61. The zero-order valence-corrected chi connectivity index (χ0v) is 15.4. The van der Waals surface area contributed by atoms with Crippen molar-refractivity contribution in [3.8, 4) is 0 Å². The molecule has 0 aliphatic rings. The van der Waals surface area contributed by atoms with E-state index in [4.69, 9.17) is 4.74 Å². The topological polar surface area (TPSA) is 67.0 Å². The molecule has 0 aliphatic carbocycles. The molecule has 25 heavy (non-hydrogen) atoms. The molecule has 1 aromatic carbocycles. The van der Waals surface area contributed by atoms with Gasteiger partial charge in [0.1, 0.15) is 12.4 Å². The summed E-state index contributed by atoms with van der Waals surface area (Å²) in [5.74, 6) is 1.55. The van der Waals surface area contributed by atoms with Gasteiger partial charge in [-0.1, -0.05) is 63.4 Å². The molecule has 0 fully saturated rings. The summed E-state index contributed by atoms with van der Waals surface area (Å²) in [5, 5.41) is 2.98. The van der Waals surface area contributed by atoms with Gasteiger partial charge in [-0.25, -0.2) is 9.78 Å². The first-order chi connectivity index (χ1) is 12.1. The second kappa shape index (κ2) is 9.87. The number of aromatic nitrogens is 2. The summed E-state index contributed by atoms with van der Waals surface area (Å²) in [6.45, 7) is 6.65. The predicted molar refractivity (Wildman–Crippen MR) is 99.1 cm³/mol. The largest absolute Gasteiger partial charge is 0.445 e. The first-order valence-corrected chi connectivity index (χ1v) is 9.07. The average Bonchev–Trinajstić information content (AvgIpc) is 3.06. The number of nitrogens with zero attached hydrogens (tertiary/aromatic N) is 1. The van der Waals surface area contributed by atoms with E-state index in [9.17, 15) is 4.79 Å². The molecular weight excluding hydrogens is 314 g/mol.